The Morgan fingerprint density at radius 1 is 1.05 bits per heavy atom. The van der Waals surface area contributed by atoms with Crippen molar-refractivity contribution in [1.29, 1.82) is 0 Å². The fourth-order valence-electron chi connectivity index (χ4n) is 2.81. The van der Waals surface area contributed by atoms with E-state index >= 15 is 0 Å². The average Bonchev–Trinajstić information content (AvgIpc) is 2.99. The van der Waals surface area contributed by atoms with Gasteiger partial charge in [0.15, 0.2) is 0 Å². The third-order valence-corrected chi connectivity index (χ3v) is 4.90. The lowest BCUT2D eigenvalue weighted by molar-refractivity contribution is 0.126. The molecule has 0 unspecified atom stereocenters. The molecule has 0 radical (unpaired) electrons. The van der Waals surface area contributed by atoms with E-state index in [-0.39, 0.29) is 0 Å². The first-order valence-corrected chi connectivity index (χ1v) is 8.67. The highest BCUT2D eigenvalue weighted by Gasteiger charge is 2.17. The van der Waals surface area contributed by atoms with Crippen LogP contribution in [0.5, 0.6) is 0 Å². The van der Waals surface area contributed by atoms with Gasteiger partial charge in [-0.15, -0.1) is 11.3 Å². The predicted molar refractivity (Wildman–Crippen MR) is 89.6 cm³/mol. The second-order valence-electron chi connectivity index (χ2n) is 5.63. The van der Waals surface area contributed by atoms with Gasteiger partial charge >= 0.3 is 0 Å². The fraction of sp³-hybridized carbons (Fsp3) is 0.471. The molecular weight excluding hydrogens is 278 g/mol. The number of hydrogen-bond donors (Lipinski definition) is 0. The van der Waals surface area contributed by atoms with Crippen LogP contribution in [0.15, 0.2) is 35.7 Å². The summed E-state index contributed by atoms with van der Waals surface area (Å²) >= 11 is 1.75. The van der Waals surface area contributed by atoms with Crippen molar-refractivity contribution in [3.05, 3.63) is 41.4 Å². The monoisotopic (exact) mass is 301 g/mol. The fourth-order valence-corrected chi connectivity index (χ4v) is 3.63. The van der Waals surface area contributed by atoms with Gasteiger partial charge in [-0.25, -0.2) is 4.98 Å². The van der Waals surface area contributed by atoms with Crippen LogP contribution in [0.4, 0.5) is 0 Å². The molecule has 1 aromatic heterocycles. The zero-order valence-corrected chi connectivity index (χ0v) is 13.5. The number of hydrogen-bond acceptors (Lipinski definition) is 4. The molecule has 3 nitrogen and oxygen atoms in total. The Morgan fingerprint density at radius 3 is 2.48 bits per heavy atom. The van der Waals surface area contributed by atoms with Crippen LogP contribution < -0.4 is 0 Å². The number of benzene rings is 1. The number of rotatable bonds is 5. The van der Waals surface area contributed by atoms with E-state index in [0.717, 1.165) is 24.6 Å². The molecule has 0 amide bonds. The van der Waals surface area contributed by atoms with E-state index in [1.807, 2.05) is 6.07 Å². The third-order valence-electron chi connectivity index (χ3n) is 3.96. The van der Waals surface area contributed by atoms with Crippen LogP contribution in [-0.4, -0.2) is 47.5 Å². The Labute approximate surface area is 131 Å². The predicted octanol–water partition coefficient (Wildman–Crippen LogP) is 3.34. The summed E-state index contributed by atoms with van der Waals surface area (Å²) in [5.74, 6) is 0. The number of aromatic nitrogens is 1. The Hall–Kier alpha value is -1.23. The van der Waals surface area contributed by atoms with Crippen LogP contribution in [0.25, 0.3) is 10.6 Å². The molecule has 0 saturated carbocycles. The maximum Gasteiger partial charge on any atom is 0.123 e. The zero-order valence-electron chi connectivity index (χ0n) is 12.7. The van der Waals surface area contributed by atoms with Crippen molar-refractivity contribution in [1.82, 2.24) is 14.8 Å². The van der Waals surface area contributed by atoms with Crippen molar-refractivity contribution in [3.63, 3.8) is 0 Å². The molecule has 1 saturated heterocycles. The minimum Gasteiger partial charge on any atom is -0.301 e. The summed E-state index contributed by atoms with van der Waals surface area (Å²) in [4.78, 5) is 9.88. The first-order chi connectivity index (χ1) is 10.3. The minimum absolute atomic E-state index is 0.989. The van der Waals surface area contributed by atoms with Crippen molar-refractivity contribution < 1.29 is 0 Å². The van der Waals surface area contributed by atoms with Crippen LogP contribution in [0.1, 0.15) is 19.0 Å². The molecule has 3 rings (SSSR count). The Bertz CT molecular complexity index is 544. The molecule has 112 valence electrons. The molecule has 0 N–H and O–H groups in total. The third kappa shape index (κ3) is 3.90. The highest BCUT2D eigenvalue weighted by Crippen LogP contribution is 2.24. The van der Waals surface area contributed by atoms with Gasteiger partial charge in [-0.05, 0) is 13.0 Å². The minimum atomic E-state index is 0.989. The highest BCUT2D eigenvalue weighted by molar-refractivity contribution is 7.13. The van der Waals surface area contributed by atoms with E-state index in [1.165, 1.54) is 37.3 Å². The summed E-state index contributed by atoms with van der Waals surface area (Å²) in [7, 11) is 0. The van der Waals surface area contributed by atoms with Gasteiger partial charge in [0.2, 0.25) is 0 Å². The summed E-state index contributed by atoms with van der Waals surface area (Å²) in [5.41, 5.74) is 2.43. The maximum atomic E-state index is 4.79. The molecular formula is C17H23N3S. The second kappa shape index (κ2) is 7.16. The van der Waals surface area contributed by atoms with Crippen molar-refractivity contribution in [3.8, 4) is 10.6 Å². The maximum absolute atomic E-state index is 4.79. The first-order valence-electron chi connectivity index (χ1n) is 7.79. The van der Waals surface area contributed by atoms with Gasteiger partial charge in [0.05, 0.1) is 5.69 Å². The summed E-state index contributed by atoms with van der Waals surface area (Å²) in [6, 6.07) is 10.5. The van der Waals surface area contributed by atoms with E-state index in [9.17, 15) is 0 Å². The van der Waals surface area contributed by atoms with Gasteiger partial charge in [-0.2, -0.15) is 0 Å². The highest BCUT2D eigenvalue weighted by atomic mass is 32.1. The Kier molecular flexibility index (Phi) is 5.01. The molecule has 2 aromatic rings. The second-order valence-corrected chi connectivity index (χ2v) is 6.49. The molecule has 0 aliphatic carbocycles. The quantitative estimate of drug-likeness (QED) is 0.844. The summed E-state index contributed by atoms with van der Waals surface area (Å²) in [5, 5.41) is 3.34. The van der Waals surface area contributed by atoms with Gasteiger partial charge in [0.25, 0.3) is 0 Å². The van der Waals surface area contributed by atoms with Crippen LogP contribution in [-0.2, 0) is 6.54 Å². The number of nitrogens with zero attached hydrogens (tertiary/aromatic N) is 3. The molecule has 4 heteroatoms. The van der Waals surface area contributed by atoms with E-state index in [0.29, 0.717) is 0 Å². The Balaban J connectivity index is 1.56. The van der Waals surface area contributed by atoms with Gasteiger partial charge in [-0.3, -0.25) is 4.90 Å². The summed E-state index contributed by atoms with van der Waals surface area (Å²) < 4.78 is 0. The van der Waals surface area contributed by atoms with Crippen LogP contribution in [0.2, 0.25) is 0 Å². The molecule has 21 heavy (non-hydrogen) atoms. The lowest BCUT2D eigenvalue weighted by Crippen LogP contribution is -2.46. The van der Waals surface area contributed by atoms with Crippen molar-refractivity contribution in [2.24, 2.45) is 0 Å². The SMILES string of the molecule is CCCN1CCN(Cc2csc(-c3ccccc3)n2)CC1. The average molecular weight is 301 g/mol. The lowest BCUT2D eigenvalue weighted by atomic mass is 10.2. The first kappa shape index (κ1) is 14.7. The molecule has 0 bridgehead atoms. The van der Waals surface area contributed by atoms with Crippen molar-refractivity contribution >= 4 is 11.3 Å². The topological polar surface area (TPSA) is 19.4 Å². The van der Waals surface area contributed by atoms with E-state index in [2.05, 4.69) is 46.4 Å². The molecule has 1 aliphatic heterocycles. The molecule has 0 spiro atoms. The van der Waals surface area contributed by atoms with Gasteiger partial charge < -0.3 is 4.90 Å². The van der Waals surface area contributed by atoms with Gasteiger partial charge in [0, 0.05) is 43.7 Å². The summed E-state index contributed by atoms with van der Waals surface area (Å²) in [6.45, 7) is 9.21. The van der Waals surface area contributed by atoms with Crippen molar-refractivity contribution in [2.75, 3.05) is 32.7 Å². The normalized spacial score (nSPS) is 17.2. The molecule has 1 aliphatic rings. The van der Waals surface area contributed by atoms with Crippen LogP contribution in [0, 0.1) is 0 Å². The standard InChI is InChI=1S/C17H23N3S/c1-2-8-19-9-11-20(12-10-19)13-16-14-21-17(18-16)15-6-4-3-5-7-15/h3-7,14H,2,8-13H2,1H3. The molecule has 0 atom stereocenters. The molecule has 1 aromatic carbocycles. The lowest BCUT2D eigenvalue weighted by Gasteiger charge is -2.34. The smallest absolute Gasteiger partial charge is 0.123 e. The van der Waals surface area contributed by atoms with E-state index in [4.69, 9.17) is 4.98 Å². The van der Waals surface area contributed by atoms with E-state index in [1.54, 1.807) is 11.3 Å². The molecule has 1 fully saturated rings. The number of piperazine rings is 1. The number of thiazole rings is 1. The van der Waals surface area contributed by atoms with Gasteiger partial charge in [0.1, 0.15) is 5.01 Å². The zero-order chi connectivity index (χ0) is 14.5. The van der Waals surface area contributed by atoms with Gasteiger partial charge in [-0.1, -0.05) is 37.3 Å². The van der Waals surface area contributed by atoms with Crippen LogP contribution >= 0.6 is 11.3 Å². The van der Waals surface area contributed by atoms with E-state index < -0.39 is 0 Å². The van der Waals surface area contributed by atoms with Crippen LogP contribution in [0.3, 0.4) is 0 Å². The molecule has 2 heterocycles. The summed E-state index contributed by atoms with van der Waals surface area (Å²) in [6.07, 6.45) is 1.26. The Morgan fingerprint density at radius 2 is 1.76 bits per heavy atom. The largest absolute Gasteiger partial charge is 0.301 e. The van der Waals surface area contributed by atoms with Crippen molar-refractivity contribution in [2.45, 2.75) is 19.9 Å².